The van der Waals surface area contributed by atoms with Crippen LogP contribution in [0.3, 0.4) is 0 Å². The summed E-state index contributed by atoms with van der Waals surface area (Å²) in [4.78, 5) is 2.17. The van der Waals surface area contributed by atoms with Crippen LogP contribution in [0.5, 0.6) is 0 Å². The molecule has 21 heavy (non-hydrogen) atoms. The predicted molar refractivity (Wildman–Crippen MR) is 84.0 cm³/mol. The number of hydrogen-bond donors (Lipinski definition) is 2. The van der Waals surface area contributed by atoms with Gasteiger partial charge in [0, 0.05) is 26.3 Å². The highest BCUT2D eigenvalue weighted by Crippen LogP contribution is 2.26. The van der Waals surface area contributed by atoms with E-state index < -0.39 is 10.0 Å². The molecule has 0 bridgehead atoms. The molecule has 1 aliphatic rings. The van der Waals surface area contributed by atoms with Gasteiger partial charge in [0.2, 0.25) is 10.0 Å². The van der Waals surface area contributed by atoms with Crippen LogP contribution in [0.2, 0.25) is 0 Å². The topological polar surface area (TPSA) is 69.6 Å². The third-order valence-electron chi connectivity index (χ3n) is 4.13. The number of nitrogens with zero attached hydrogens (tertiary/aromatic N) is 1. The van der Waals surface area contributed by atoms with E-state index >= 15 is 0 Å². The first-order chi connectivity index (χ1) is 9.81. The number of rotatable bonds is 5. The Morgan fingerprint density at radius 2 is 2.05 bits per heavy atom. The second-order valence-corrected chi connectivity index (χ2v) is 7.72. The van der Waals surface area contributed by atoms with Crippen LogP contribution in [0.1, 0.15) is 24.8 Å². The first kappa shape index (κ1) is 16.3. The molecule has 0 aliphatic heterocycles. The van der Waals surface area contributed by atoms with E-state index in [2.05, 4.69) is 4.72 Å². The molecular weight excluding hydrogens is 288 g/mol. The van der Waals surface area contributed by atoms with E-state index in [1.165, 1.54) is 0 Å². The van der Waals surface area contributed by atoms with E-state index in [0.717, 1.165) is 30.5 Å². The van der Waals surface area contributed by atoms with Crippen LogP contribution in [0.25, 0.3) is 0 Å². The second-order valence-electron chi connectivity index (χ2n) is 5.95. The van der Waals surface area contributed by atoms with E-state index in [9.17, 15) is 13.5 Å². The van der Waals surface area contributed by atoms with Gasteiger partial charge in [0.1, 0.15) is 0 Å². The molecule has 1 fully saturated rings. The Morgan fingerprint density at radius 3 is 2.62 bits per heavy atom. The number of benzene rings is 1. The Hall–Kier alpha value is -1.11. The summed E-state index contributed by atoms with van der Waals surface area (Å²) in [6, 6.07) is 5.12. The zero-order valence-corrected chi connectivity index (χ0v) is 13.7. The van der Waals surface area contributed by atoms with Gasteiger partial charge in [-0.3, -0.25) is 0 Å². The average molecular weight is 312 g/mol. The lowest BCUT2D eigenvalue weighted by atomic mass is 10.1. The fraction of sp³-hybridized carbons (Fsp3) is 0.600. The minimum absolute atomic E-state index is 0.0264. The predicted octanol–water partition coefficient (Wildman–Crippen LogP) is 1.50. The van der Waals surface area contributed by atoms with Crippen molar-refractivity contribution in [3.63, 3.8) is 0 Å². The number of aliphatic hydroxyl groups is 1. The molecule has 1 aromatic carbocycles. The molecule has 6 heteroatoms. The SMILES string of the molecule is Cc1ccc(S(=O)(=O)NC[C@@H]2CCC[C@H]2O)cc1N(C)C. The highest BCUT2D eigenvalue weighted by molar-refractivity contribution is 7.89. The summed E-state index contributed by atoms with van der Waals surface area (Å²) in [5, 5.41) is 9.77. The van der Waals surface area contributed by atoms with Crippen molar-refractivity contribution in [2.75, 3.05) is 25.5 Å². The maximum atomic E-state index is 12.4. The van der Waals surface area contributed by atoms with Crippen LogP contribution in [0.4, 0.5) is 5.69 Å². The van der Waals surface area contributed by atoms with Crippen molar-refractivity contribution in [2.45, 2.75) is 37.2 Å². The number of anilines is 1. The van der Waals surface area contributed by atoms with Crippen LogP contribution in [0.15, 0.2) is 23.1 Å². The summed E-state index contributed by atoms with van der Waals surface area (Å²) in [6.07, 6.45) is 2.22. The number of sulfonamides is 1. The standard InChI is InChI=1S/C15H24N2O3S/c1-11-7-8-13(9-14(11)17(2)3)21(19,20)16-10-12-5-4-6-15(12)18/h7-9,12,15-16,18H,4-6,10H2,1-3H3/t12-,15+/m0/s1. The molecule has 0 saturated heterocycles. The maximum absolute atomic E-state index is 12.4. The third kappa shape index (κ3) is 3.75. The molecule has 0 aromatic heterocycles. The Kier molecular flexibility index (Phi) is 4.91. The summed E-state index contributed by atoms with van der Waals surface area (Å²) in [5.74, 6) is 0.0264. The van der Waals surface area contributed by atoms with Gasteiger partial charge in [-0.15, -0.1) is 0 Å². The fourth-order valence-electron chi connectivity index (χ4n) is 2.79. The quantitative estimate of drug-likeness (QED) is 0.864. The highest BCUT2D eigenvalue weighted by atomic mass is 32.2. The van der Waals surface area contributed by atoms with Crippen molar-refractivity contribution in [3.8, 4) is 0 Å². The third-order valence-corrected chi connectivity index (χ3v) is 5.55. The number of aliphatic hydroxyl groups excluding tert-OH is 1. The van der Waals surface area contributed by atoms with Gasteiger partial charge in [-0.25, -0.2) is 13.1 Å². The van der Waals surface area contributed by atoms with Gasteiger partial charge in [0.25, 0.3) is 0 Å². The van der Waals surface area contributed by atoms with Crippen molar-refractivity contribution >= 4 is 15.7 Å². The number of aryl methyl sites for hydroxylation is 1. The minimum Gasteiger partial charge on any atom is -0.393 e. The van der Waals surface area contributed by atoms with Gasteiger partial charge in [-0.05, 0) is 43.4 Å². The molecule has 2 N–H and O–H groups in total. The van der Waals surface area contributed by atoms with Crippen LogP contribution >= 0.6 is 0 Å². The van der Waals surface area contributed by atoms with E-state index in [0.29, 0.717) is 6.54 Å². The van der Waals surface area contributed by atoms with Gasteiger partial charge in [0.15, 0.2) is 0 Å². The van der Waals surface area contributed by atoms with E-state index in [1.807, 2.05) is 32.0 Å². The second kappa shape index (κ2) is 6.34. The highest BCUT2D eigenvalue weighted by Gasteiger charge is 2.27. The lowest BCUT2D eigenvalue weighted by Crippen LogP contribution is -2.32. The number of nitrogens with one attached hydrogen (secondary N) is 1. The Labute approximate surface area is 127 Å². The van der Waals surface area contributed by atoms with Crippen molar-refractivity contribution in [3.05, 3.63) is 23.8 Å². The lowest BCUT2D eigenvalue weighted by Gasteiger charge is -2.18. The first-order valence-electron chi connectivity index (χ1n) is 7.27. The molecule has 1 aliphatic carbocycles. The molecule has 0 spiro atoms. The molecule has 0 heterocycles. The Balaban J connectivity index is 2.14. The van der Waals surface area contributed by atoms with Gasteiger partial charge < -0.3 is 10.0 Å². The van der Waals surface area contributed by atoms with E-state index in [4.69, 9.17) is 0 Å². The zero-order valence-electron chi connectivity index (χ0n) is 12.8. The van der Waals surface area contributed by atoms with Gasteiger partial charge in [0.05, 0.1) is 11.0 Å². The molecule has 0 radical (unpaired) electrons. The summed E-state index contributed by atoms with van der Waals surface area (Å²) in [6.45, 7) is 2.25. The van der Waals surface area contributed by atoms with Crippen LogP contribution in [-0.2, 0) is 10.0 Å². The van der Waals surface area contributed by atoms with Gasteiger partial charge in [-0.2, -0.15) is 0 Å². The molecule has 0 unspecified atom stereocenters. The first-order valence-corrected chi connectivity index (χ1v) is 8.75. The summed E-state index contributed by atoms with van der Waals surface area (Å²) < 4.78 is 27.4. The van der Waals surface area contributed by atoms with Crippen molar-refractivity contribution in [2.24, 2.45) is 5.92 Å². The summed E-state index contributed by atoms with van der Waals surface area (Å²) in [5.41, 5.74) is 1.92. The molecule has 5 nitrogen and oxygen atoms in total. The van der Waals surface area contributed by atoms with Crippen molar-refractivity contribution < 1.29 is 13.5 Å². The van der Waals surface area contributed by atoms with Gasteiger partial charge >= 0.3 is 0 Å². The Morgan fingerprint density at radius 1 is 1.33 bits per heavy atom. The van der Waals surface area contributed by atoms with E-state index in [1.54, 1.807) is 12.1 Å². The molecule has 1 saturated carbocycles. The molecule has 118 valence electrons. The van der Waals surface area contributed by atoms with Crippen molar-refractivity contribution in [1.82, 2.24) is 4.72 Å². The summed E-state index contributed by atoms with van der Waals surface area (Å²) in [7, 11) is 0.248. The van der Waals surface area contributed by atoms with Crippen LogP contribution in [-0.4, -0.2) is 40.3 Å². The monoisotopic (exact) mass is 312 g/mol. The minimum atomic E-state index is -3.53. The number of hydrogen-bond acceptors (Lipinski definition) is 4. The smallest absolute Gasteiger partial charge is 0.240 e. The Bertz CT molecular complexity index is 599. The molecular formula is C15H24N2O3S. The zero-order chi connectivity index (χ0) is 15.6. The normalized spacial score (nSPS) is 22.5. The largest absolute Gasteiger partial charge is 0.393 e. The van der Waals surface area contributed by atoms with Crippen molar-refractivity contribution in [1.29, 1.82) is 0 Å². The fourth-order valence-corrected chi connectivity index (χ4v) is 3.91. The lowest BCUT2D eigenvalue weighted by molar-refractivity contribution is 0.134. The maximum Gasteiger partial charge on any atom is 0.240 e. The molecule has 2 rings (SSSR count). The average Bonchev–Trinajstić information content (AvgIpc) is 2.82. The van der Waals surface area contributed by atoms with Crippen LogP contribution in [0, 0.1) is 12.8 Å². The molecule has 2 atom stereocenters. The molecule has 1 aromatic rings. The van der Waals surface area contributed by atoms with E-state index in [-0.39, 0.29) is 16.9 Å². The summed E-state index contributed by atoms with van der Waals surface area (Å²) >= 11 is 0. The van der Waals surface area contributed by atoms with Gasteiger partial charge in [-0.1, -0.05) is 12.5 Å². The molecule has 0 amide bonds. The van der Waals surface area contributed by atoms with Crippen LogP contribution < -0.4 is 9.62 Å².